The minimum Gasteiger partial charge on any atom is -0.481 e. The van der Waals surface area contributed by atoms with Crippen molar-refractivity contribution in [2.75, 3.05) is 0 Å². The molecule has 0 unspecified atom stereocenters. The average molecular weight is 408 g/mol. The van der Waals surface area contributed by atoms with Gasteiger partial charge in [-0.25, -0.2) is 9.59 Å². The fraction of sp³-hybridized carbons (Fsp3) is 0.500. The standard InChI is InChI=1S/C16H19F3N2O7/c1-8(12(13(22)23)20-14(24)28-15(2,3)4)27-11-6-5-9(16(17,18)19)7-10(11)21(25)26/h5-8,12H,1-4H3,(H,20,24)(H,22,23)/t8-,12+/m1/s1. The molecule has 0 aromatic heterocycles. The number of benzene rings is 1. The lowest BCUT2D eigenvalue weighted by Crippen LogP contribution is -2.51. The summed E-state index contributed by atoms with van der Waals surface area (Å²) < 4.78 is 48.3. The number of nitrogens with zero attached hydrogens (tertiary/aromatic N) is 1. The number of hydrogen-bond acceptors (Lipinski definition) is 6. The third-order valence-corrected chi connectivity index (χ3v) is 3.20. The molecule has 2 atom stereocenters. The Balaban J connectivity index is 3.08. The van der Waals surface area contributed by atoms with Gasteiger partial charge in [-0.2, -0.15) is 13.2 Å². The highest BCUT2D eigenvalue weighted by Gasteiger charge is 2.35. The van der Waals surface area contributed by atoms with Gasteiger partial charge in [-0.3, -0.25) is 10.1 Å². The molecule has 156 valence electrons. The first-order valence-electron chi connectivity index (χ1n) is 7.86. The summed E-state index contributed by atoms with van der Waals surface area (Å²) in [6.07, 6.45) is -7.26. The Labute approximate surface area is 157 Å². The van der Waals surface area contributed by atoms with Gasteiger partial charge in [0.1, 0.15) is 11.7 Å². The number of alkyl halides is 3. The summed E-state index contributed by atoms with van der Waals surface area (Å²) in [7, 11) is 0. The van der Waals surface area contributed by atoms with E-state index in [0.717, 1.165) is 0 Å². The summed E-state index contributed by atoms with van der Waals surface area (Å²) in [5.74, 6) is -2.12. The Morgan fingerprint density at radius 3 is 2.25 bits per heavy atom. The fourth-order valence-corrected chi connectivity index (χ4v) is 2.02. The molecule has 1 rings (SSSR count). The maximum absolute atomic E-state index is 12.7. The number of aliphatic carboxylic acids is 1. The number of alkyl carbamates (subject to hydrolysis) is 1. The summed E-state index contributed by atoms with van der Waals surface area (Å²) in [5, 5.41) is 22.4. The number of carboxylic acids is 1. The van der Waals surface area contributed by atoms with Crippen LogP contribution in [0.1, 0.15) is 33.3 Å². The van der Waals surface area contributed by atoms with Crippen LogP contribution in [-0.2, 0) is 15.7 Å². The number of carbonyl (C=O) groups excluding carboxylic acids is 1. The monoisotopic (exact) mass is 408 g/mol. The Hall–Kier alpha value is -3.05. The van der Waals surface area contributed by atoms with Crippen LogP contribution in [0.5, 0.6) is 5.75 Å². The van der Waals surface area contributed by atoms with Crippen LogP contribution in [0.3, 0.4) is 0 Å². The molecule has 1 aromatic rings. The van der Waals surface area contributed by atoms with Gasteiger partial charge in [-0.15, -0.1) is 0 Å². The highest BCUT2D eigenvalue weighted by atomic mass is 19.4. The molecule has 1 amide bonds. The number of amides is 1. The molecule has 0 heterocycles. The highest BCUT2D eigenvalue weighted by molar-refractivity contribution is 5.80. The minimum absolute atomic E-state index is 0.277. The minimum atomic E-state index is -4.81. The van der Waals surface area contributed by atoms with Crippen molar-refractivity contribution >= 4 is 17.7 Å². The lowest BCUT2D eigenvalue weighted by molar-refractivity contribution is -0.386. The number of ether oxygens (including phenoxy) is 2. The molecular formula is C16H19F3N2O7. The van der Waals surface area contributed by atoms with Crippen LogP contribution in [0.15, 0.2) is 18.2 Å². The van der Waals surface area contributed by atoms with Crippen molar-refractivity contribution in [3.63, 3.8) is 0 Å². The van der Waals surface area contributed by atoms with E-state index < -0.39 is 57.9 Å². The van der Waals surface area contributed by atoms with Crippen LogP contribution in [0, 0.1) is 10.1 Å². The number of carbonyl (C=O) groups is 2. The van der Waals surface area contributed by atoms with Crippen LogP contribution in [0.2, 0.25) is 0 Å². The van der Waals surface area contributed by atoms with Crippen LogP contribution in [-0.4, -0.2) is 39.8 Å². The van der Waals surface area contributed by atoms with E-state index >= 15 is 0 Å². The predicted octanol–water partition coefficient (Wildman–Crippen LogP) is 3.36. The molecular weight excluding hydrogens is 389 g/mol. The number of hydrogen-bond donors (Lipinski definition) is 2. The van der Waals surface area contributed by atoms with Crippen LogP contribution < -0.4 is 10.1 Å². The first kappa shape index (κ1) is 23.0. The quantitative estimate of drug-likeness (QED) is 0.546. The lowest BCUT2D eigenvalue weighted by atomic mass is 10.1. The Kier molecular flexibility index (Phi) is 6.83. The van der Waals surface area contributed by atoms with Gasteiger partial charge in [0.15, 0.2) is 11.8 Å². The number of nitro benzene ring substituents is 1. The van der Waals surface area contributed by atoms with Gasteiger partial charge in [0.05, 0.1) is 10.5 Å². The third-order valence-electron chi connectivity index (χ3n) is 3.20. The predicted molar refractivity (Wildman–Crippen MR) is 89.0 cm³/mol. The summed E-state index contributed by atoms with van der Waals surface area (Å²) in [6, 6.07) is -0.133. The van der Waals surface area contributed by atoms with Crippen molar-refractivity contribution < 1.29 is 42.3 Å². The first-order chi connectivity index (χ1) is 12.6. The van der Waals surface area contributed by atoms with Crippen molar-refractivity contribution in [1.29, 1.82) is 0 Å². The van der Waals surface area contributed by atoms with Crippen molar-refractivity contribution in [3.05, 3.63) is 33.9 Å². The fourth-order valence-electron chi connectivity index (χ4n) is 2.02. The zero-order chi connectivity index (χ0) is 21.9. The van der Waals surface area contributed by atoms with E-state index in [1.54, 1.807) is 20.8 Å². The molecule has 1 aromatic carbocycles. The van der Waals surface area contributed by atoms with E-state index in [1.807, 2.05) is 5.32 Å². The molecule has 12 heteroatoms. The second kappa shape index (κ2) is 8.31. The SMILES string of the molecule is C[C@@H](Oc1ccc(C(F)(F)F)cc1[N+](=O)[O-])[C@H](NC(=O)OC(C)(C)C)C(=O)O. The summed E-state index contributed by atoms with van der Waals surface area (Å²) in [5.41, 5.74) is -3.17. The van der Waals surface area contributed by atoms with E-state index in [2.05, 4.69) is 0 Å². The number of halogens is 3. The van der Waals surface area contributed by atoms with E-state index in [4.69, 9.17) is 9.47 Å². The molecule has 9 nitrogen and oxygen atoms in total. The summed E-state index contributed by atoms with van der Waals surface area (Å²) >= 11 is 0. The second-order valence-corrected chi connectivity index (χ2v) is 6.72. The van der Waals surface area contributed by atoms with E-state index in [9.17, 15) is 38.0 Å². The highest BCUT2D eigenvalue weighted by Crippen LogP contribution is 2.36. The number of nitro groups is 1. The lowest BCUT2D eigenvalue weighted by Gasteiger charge is -2.25. The third kappa shape index (κ3) is 6.59. The smallest absolute Gasteiger partial charge is 0.416 e. The molecule has 0 saturated heterocycles. The van der Waals surface area contributed by atoms with Gasteiger partial charge in [0.2, 0.25) is 0 Å². The van der Waals surface area contributed by atoms with Gasteiger partial charge >= 0.3 is 23.9 Å². The molecule has 28 heavy (non-hydrogen) atoms. The Morgan fingerprint density at radius 2 is 1.82 bits per heavy atom. The average Bonchev–Trinajstić information content (AvgIpc) is 2.49. The molecule has 0 radical (unpaired) electrons. The normalized spacial score (nSPS) is 14.0. The molecule has 0 aliphatic carbocycles. The molecule has 0 fully saturated rings. The summed E-state index contributed by atoms with van der Waals surface area (Å²) in [4.78, 5) is 33.2. The molecule has 0 aliphatic heterocycles. The van der Waals surface area contributed by atoms with Crippen LogP contribution in [0.25, 0.3) is 0 Å². The van der Waals surface area contributed by atoms with Gasteiger partial charge in [0.25, 0.3) is 0 Å². The van der Waals surface area contributed by atoms with Gasteiger partial charge < -0.3 is 19.9 Å². The number of carboxylic acid groups (broad SMARTS) is 1. The topological polar surface area (TPSA) is 128 Å². The van der Waals surface area contributed by atoms with E-state index in [0.29, 0.717) is 12.1 Å². The molecule has 0 spiro atoms. The van der Waals surface area contributed by atoms with Gasteiger partial charge in [-0.05, 0) is 39.8 Å². The van der Waals surface area contributed by atoms with Crippen LogP contribution >= 0.6 is 0 Å². The first-order valence-corrected chi connectivity index (χ1v) is 7.86. The van der Waals surface area contributed by atoms with Gasteiger partial charge in [0, 0.05) is 6.07 Å². The largest absolute Gasteiger partial charge is 0.481 e. The molecule has 0 saturated carbocycles. The van der Waals surface area contributed by atoms with E-state index in [-0.39, 0.29) is 6.07 Å². The van der Waals surface area contributed by atoms with Crippen molar-refractivity contribution in [1.82, 2.24) is 5.32 Å². The Bertz CT molecular complexity index is 760. The maximum atomic E-state index is 12.7. The zero-order valence-corrected chi connectivity index (χ0v) is 15.4. The van der Waals surface area contributed by atoms with Crippen LogP contribution in [0.4, 0.5) is 23.7 Å². The van der Waals surface area contributed by atoms with Crippen molar-refractivity contribution in [2.45, 2.75) is 51.6 Å². The Morgan fingerprint density at radius 1 is 1.25 bits per heavy atom. The van der Waals surface area contributed by atoms with Crippen molar-refractivity contribution in [3.8, 4) is 5.75 Å². The van der Waals surface area contributed by atoms with Gasteiger partial charge in [-0.1, -0.05) is 0 Å². The van der Waals surface area contributed by atoms with E-state index in [1.165, 1.54) is 6.92 Å². The van der Waals surface area contributed by atoms with Crippen molar-refractivity contribution in [2.24, 2.45) is 0 Å². The number of rotatable bonds is 6. The number of nitrogens with one attached hydrogen (secondary N) is 1. The maximum Gasteiger partial charge on any atom is 0.416 e. The molecule has 2 N–H and O–H groups in total. The second-order valence-electron chi connectivity index (χ2n) is 6.72. The molecule has 0 aliphatic rings. The zero-order valence-electron chi connectivity index (χ0n) is 15.4. The summed E-state index contributed by atoms with van der Waals surface area (Å²) in [6.45, 7) is 5.83. The molecule has 0 bridgehead atoms.